The van der Waals surface area contributed by atoms with Crippen molar-refractivity contribution in [3.8, 4) is 17.0 Å². The quantitative estimate of drug-likeness (QED) is 0.288. The Hall–Kier alpha value is -3.09. The van der Waals surface area contributed by atoms with Crippen LogP contribution < -0.4 is 10.5 Å². The summed E-state index contributed by atoms with van der Waals surface area (Å²) in [5, 5.41) is 10.5. The highest BCUT2D eigenvalue weighted by Crippen LogP contribution is 2.37. The van der Waals surface area contributed by atoms with Crippen LogP contribution in [0.5, 0.6) is 5.75 Å². The van der Waals surface area contributed by atoms with Crippen LogP contribution in [0.1, 0.15) is 37.3 Å². The van der Waals surface area contributed by atoms with E-state index in [1.54, 1.807) is 11.8 Å². The first-order chi connectivity index (χ1) is 17.6. The second kappa shape index (κ2) is 12.7. The summed E-state index contributed by atoms with van der Waals surface area (Å²) in [7, 11) is 0. The fourth-order valence-electron chi connectivity index (χ4n) is 4.44. The Balaban J connectivity index is 0.000000325. The van der Waals surface area contributed by atoms with Gasteiger partial charge in [-0.3, -0.25) is 0 Å². The number of aromatic nitrogens is 2. The summed E-state index contributed by atoms with van der Waals surface area (Å²) in [4.78, 5) is 3.65. The third-order valence-electron chi connectivity index (χ3n) is 6.54. The minimum Gasteiger partial charge on any atom is -0.488 e. The van der Waals surface area contributed by atoms with Crippen LogP contribution in [0.4, 0.5) is 5.82 Å². The lowest BCUT2D eigenvalue weighted by Gasteiger charge is -2.24. The fraction of sp³-hybridized carbons (Fsp3) is 0.333. The van der Waals surface area contributed by atoms with Gasteiger partial charge in [-0.25, -0.2) is 0 Å². The largest absolute Gasteiger partial charge is 0.488 e. The van der Waals surface area contributed by atoms with Crippen molar-refractivity contribution < 1.29 is 4.74 Å². The number of hydrogen-bond donors (Lipinski definition) is 1. The monoisotopic (exact) mass is 500 g/mol. The number of ether oxygens (including phenoxy) is 1. The third kappa shape index (κ3) is 6.56. The number of nitrogens with two attached hydrogens (primary N) is 1. The molecule has 0 atom stereocenters. The minimum atomic E-state index is 0.436. The van der Waals surface area contributed by atoms with Crippen LogP contribution >= 0.6 is 11.8 Å². The van der Waals surface area contributed by atoms with Crippen molar-refractivity contribution in [1.82, 2.24) is 15.1 Å². The number of nitrogens with zero attached hydrogens (tertiary/aromatic N) is 3. The summed E-state index contributed by atoms with van der Waals surface area (Å²) >= 11 is 1.68. The second-order valence-electron chi connectivity index (χ2n) is 9.11. The zero-order valence-corrected chi connectivity index (χ0v) is 22.4. The normalized spacial score (nSPS) is 13.8. The van der Waals surface area contributed by atoms with Gasteiger partial charge in [-0.05, 0) is 75.5 Å². The first-order valence-corrected chi connectivity index (χ1v) is 13.9. The van der Waals surface area contributed by atoms with Gasteiger partial charge < -0.3 is 15.4 Å². The van der Waals surface area contributed by atoms with E-state index >= 15 is 0 Å². The van der Waals surface area contributed by atoms with E-state index in [4.69, 9.17) is 10.5 Å². The lowest BCUT2D eigenvalue weighted by molar-refractivity contribution is 0.240. The molecule has 0 radical (unpaired) electrons. The topological polar surface area (TPSA) is 64.3 Å². The second-order valence-corrected chi connectivity index (χ2v) is 9.99. The van der Waals surface area contributed by atoms with E-state index in [2.05, 4.69) is 65.5 Å². The molecule has 2 heterocycles. The number of anilines is 1. The number of fused-ring (bicyclic) bond motifs is 1. The van der Waals surface area contributed by atoms with Gasteiger partial charge in [-0.1, -0.05) is 61.4 Å². The molecular formula is C30H36N4OS. The molecule has 1 aliphatic heterocycles. The fourth-order valence-corrected chi connectivity index (χ4v) is 4.87. The van der Waals surface area contributed by atoms with Gasteiger partial charge in [0.15, 0.2) is 5.82 Å². The molecule has 36 heavy (non-hydrogen) atoms. The van der Waals surface area contributed by atoms with Crippen LogP contribution in [-0.4, -0.2) is 41.0 Å². The van der Waals surface area contributed by atoms with Crippen LogP contribution in [0, 0.1) is 6.92 Å². The Morgan fingerprint density at radius 2 is 1.69 bits per heavy atom. The lowest BCUT2D eigenvalue weighted by atomic mass is 10.0. The zero-order valence-electron chi connectivity index (χ0n) is 21.5. The number of hydrogen-bond acceptors (Lipinski definition) is 6. The average Bonchev–Trinajstić information content (AvgIpc) is 2.93. The summed E-state index contributed by atoms with van der Waals surface area (Å²) in [6.45, 7) is 8.73. The van der Waals surface area contributed by atoms with Gasteiger partial charge in [-0.15, -0.1) is 22.0 Å². The highest BCUT2D eigenvalue weighted by molar-refractivity contribution is 7.98. The number of aryl methyl sites for hydroxylation is 1. The van der Waals surface area contributed by atoms with Crippen LogP contribution in [0.2, 0.25) is 0 Å². The van der Waals surface area contributed by atoms with E-state index in [0.717, 1.165) is 43.8 Å². The number of thioether (sulfide) groups is 1. The number of benzene rings is 3. The molecule has 0 spiro atoms. The van der Waals surface area contributed by atoms with Crippen molar-refractivity contribution >= 4 is 28.4 Å². The Morgan fingerprint density at radius 1 is 0.917 bits per heavy atom. The molecule has 3 aromatic carbocycles. The molecule has 4 aromatic rings. The third-order valence-corrected chi connectivity index (χ3v) is 7.27. The van der Waals surface area contributed by atoms with Gasteiger partial charge in [0.1, 0.15) is 18.1 Å². The van der Waals surface area contributed by atoms with Crippen molar-refractivity contribution in [3.05, 3.63) is 77.9 Å². The molecule has 6 heteroatoms. The Kier molecular flexibility index (Phi) is 9.20. The molecule has 2 N–H and O–H groups in total. The predicted octanol–water partition coefficient (Wildman–Crippen LogP) is 6.98. The highest BCUT2D eigenvalue weighted by atomic mass is 32.2. The standard InChI is InChI=1S/C23H21N3OS.C7H15N/c1-15-8-10-18-20(12-15)22(25-26-23(18)24)19-11-9-17(28-2)13-21(19)27-14-16-6-4-3-5-7-16;1-2-8-6-4-3-5-7-8/h3-13H,14H2,1-2H3,(H2,24,26);2-7H2,1H3. The molecule has 1 aliphatic rings. The van der Waals surface area contributed by atoms with E-state index in [9.17, 15) is 0 Å². The zero-order chi connectivity index (χ0) is 25.3. The molecule has 5 rings (SSSR count). The van der Waals surface area contributed by atoms with E-state index in [-0.39, 0.29) is 0 Å². The van der Waals surface area contributed by atoms with Crippen LogP contribution in [0.15, 0.2) is 71.6 Å². The molecular weight excluding hydrogens is 464 g/mol. The van der Waals surface area contributed by atoms with Gasteiger partial charge in [0.05, 0.1) is 0 Å². The number of likely N-dealkylation sites (tertiary alicyclic amines) is 1. The Morgan fingerprint density at radius 3 is 2.39 bits per heavy atom. The van der Waals surface area contributed by atoms with Crippen LogP contribution in [0.25, 0.3) is 22.0 Å². The van der Waals surface area contributed by atoms with Gasteiger partial charge >= 0.3 is 0 Å². The maximum absolute atomic E-state index is 6.22. The summed E-state index contributed by atoms with van der Waals surface area (Å²) in [6.07, 6.45) is 6.36. The predicted molar refractivity (Wildman–Crippen MR) is 153 cm³/mol. The molecule has 1 fully saturated rings. The lowest BCUT2D eigenvalue weighted by Crippen LogP contribution is -2.29. The van der Waals surface area contributed by atoms with Crippen molar-refractivity contribution in [2.75, 3.05) is 31.6 Å². The first-order valence-electron chi connectivity index (χ1n) is 12.7. The molecule has 0 saturated carbocycles. The number of piperidine rings is 1. The average molecular weight is 501 g/mol. The van der Waals surface area contributed by atoms with Crippen LogP contribution in [0.3, 0.4) is 0 Å². The van der Waals surface area contributed by atoms with Gasteiger partial charge in [0, 0.05) is 21.2 Å². The minimum absolute atomic E-state index is 0.436. The van der Waals surface area contributed by atoms with Gasteiger partial charge in [-0.2, -0.15) is 0 Å². The molecule has 1 aromatic heterocycles. The maximum Gasteiger partial charge on any atom is 0.154 e. The molecule has 0 bridgehead atoms. The highest BCUT2D eigenvalue weighted by Gasteiger charge is 2.15. The van der Waals surface area contributed by atoms with E-state index in [1.807, 2.05) is 36.4 Å². The number of nitrogen functional groups attached to an aromatic ring is 1. The molecule has 0 aliphatic carbocycles. The van der Waals surface area contributed by atoms with Gasteiger partial charge in [0.25, 0.3) is 0 Å². The van der Waals surface area contributed by atoms with Crippen LogP contribution in [-0.2, 0) is 6.61 Å². The maximum atomic E-state index is 6.22. The smallest absolute Gasteiger partial charge is 0.154 e. The SMILES string of the molecule is CCN1CCCCC1.CSc1ccc(-c2nnc(N)c3ccc(C)cc23)c(OCc2ccccc2)c1. The van der Waals surface area contributed by atoms with Crippen molar-refractivity contribution in [2.45, 2.75) is 44.6 Å². The van der Waals surface area contributed by atoms with E-state index < -0.39 is 0 Å². The van der Waals surface area contributed by atoms with Crippen molar-refractivity contribution in [1.29, 1.82) is 0 Å². The molecule has 188 valence electrons. The molecule has 1 saturated heterocycles. The molecule has 0 amide bonds. The summed E-state index contributed by atoms with van der Waals surface area (Å²) in [5.74, 6) is 1.23. The Labute approximate surface area is 219 Å². The molecule has 0 unspecified atom stereocenters. The number of rotatable bonds is 6. The van der Waals surface area contributed by atoms with Gasteiger partial charge in [0.2, 0.25) is 0 Å². The van der Waals surface area contributed by atoms with E-state index in [1.165, 1.54) is 38.9 Å². The van der Waals surface area contributed by atoms with Crippen molar-refractivity contribution in [3.63, 3.8) is 0 Å². The molecule has 5 nitrogen and oxygen atoms in total. The summed E-state index contributed by atoms with van der Waals surface area (Å²) < 4.78 is 6.22. The van der Waals surface area contributed by atoms with E-state index in [0.29, 0.717) is 12.4 Å². The summed E-state index contributed by atoms with van der Waals surface area (Å²) in [5.41, 5.74) is 10.0. The summed E-state index contributed by atoms with van der Waals surface area (Å²) in [6, 6.07) is 22.5. The Bertz CT molecular complexity index is 1270. The first kappa shape index (κ1) is 26.0. The van der Waals surface area contributed by atoms with Crippen molar-refractivity contribution in [2.24, 2.45) is 0 Å².